The van der Waals surface area contributed by atoms with E-state index in [2.05, 4.69) is 4.90 Å². The number of amidine groups is 1. The van der Waals surface area contributed by atoms with Gasteiger partial charge in [0.25, 0.3) is 0 Å². The van der Waals surface area contributed by atoms with Crippen molar-refractivity contribution in [2.75, 3.05) is 18.0 Å². The van der Waals surface area contributed by atoms with Crippen molar-refractivity contribution in [3.05, 3.63) is 28.8 Å². The molecule has 0 radical (unpaired) electrons. The van der Waals surface area contributed by atoms with Crippen LogP contribution in [-0.4, -0.2) is 18.9 Å². The first-order valence-electron chi connectivity index (χ1n) is 6.07. The van der Waals surface area contributed by atoms with Crippen molar-refractivity contribution in [1.82, 2.24) is 0 Å². The lowest BCUT2D eigenvalue weighted by atomic mass is 10.1. The van der Waals surface area contributed by atoms with Crippen LogP contribution < -0.4 is 10.6 Å². The summed E-state index contributed by atoms with van der Waals surface area (Å²) in [5, 5.41) is 8.33. The Morgan fingerprint density at radius 2 is 1.82 bits per heavy atom. The van der Waals surface area contributed by atoms with Gasteiger partial charge in [0, 0.05) is 29.4 Å². The van der Waals surface area contributed by atoms with Gasteiger partial charge in [-0.15, -0.1) is 0 Å². The summed E-state index contributed by atoms with van der Waals surface area (Å²) in [5.74, 6) is 0.112. The first-order valence-corrected chi connectivity index (χ1v) is 6.45. The zero-order chi connectivity index (χ0) is 12.3. The third-order valence-electron chi connectivity index (χ3n) is 3.20. The number of hydrogen-bond acceptors (Lipinski definition) is 2. The summed E-state index contributed by atoms with van der Waals surface area (Å²) in [7, 11) is 0. The summed E-state index contributed by atoms with van der Waals surface area (Å²) in [4.78, 5) is 2.30. The second-order valence-electron chi connectivity index (χ2n) is 4.48. The minimum absolute atomic E-state index is 0.112. The Morgan fingerprint density at radius 1 is 1.18 bits per heavy atom. The third-order valence-corrected chi connectivity index (χ3v) is 3.43. The Balaban J connectivity index is 2.34. The number of nitrogens with two attached hydrogens (primary N) is 1. The number of halogens is 1. The molecular formula is C13H18ClN3. The van der Waals surface area contributed by atoms with Gasteiger partial charge in [0.2, 0.25) is 0 Å². The molecule has 0 amide bonds. The van der Waals surface area contributed by atoms with E-state index in [1.54, 1.807) is 6.07 Å². The maximum absolute atomic E-state index is 7.63. The van der Waals surface area contributed by atoms with Gasteiger partial charge in [-0.05, 0) is 31.0 Å². The van der Waals surface area contributed by atoms with Crippen molar-refractivity contribution < 1.29 is 0 Å². The summed E-state index contributed by atoms with van der Waals surface area (Å²) < 4.78 is 0. The van der Waals surface area contributed by atoms with Crippen molar-refractivity contribution in [3.8, 4) is 0 Å². The van der Waals surface area contributed by atoms with Crippen LogP contribution in [0.1, 0.15) is 31.2 Å². The smallest absolute Gasteiger partial charge is 0.124 e. The van der Waals surface area contributed by atoms with Gasteiger partial charge in [-0.3, -0.25) is 5.41 Å². The molecule has 1 heterocycles. The van der Waals surface area contributed by atoms with E-state index in [1.807, 2.05) is 12.1 Å². The van der Waals surface area contributed by atoms with E-state index < -0.39 is 0 Å². The van der Waals surface area contributed by atoms with Crippen LogP contribution >= 0.6 is 11.6 Å². The van der Waals surface area contributed by atoms with E-state index in [0.717, 1.165) is 24.3 Å². The quantitative estimate of drug-likeness (QED) is 0.627. The molecule has 3 nitrogen and oxygen atoms in total. The van der Waals surface area contributed by atoms with Crippen LogP contribution in [0.4, 0.5) is 5.69 Å². The lowest BCUT2D eigenvalue weighted by molar-refractivity contribution is 0.726. The van der Waals surface area contributed by atoms with Crippen LogP contribution in [0.15, 0.2) is 18.2 Å². The first-order chi connectivity index (χ1) is 8.18. The van der Waals surface area contributed by atoms with Crippen LogP contribution in [0, 0.1) is 5.41 Å². The predicted octanol–water partition coefficient (Wildman–Crippen LogP) is 3.00. The van der Waals surface area contributed by atoms with Crippen molar-refractivity contribution in [2.45, 2.75) is 25.7 Å². The molecule has 1 saturated heterocycles. The topological polar surface area (TPSA) is 53.1 Å². The number of anilines is 1. The number of nitrogen functional groups attached to an aromatic ring is 1. The molecule has 1 aliphatic heterocycles. The molecule has 3 N–H and O–H groups in total. The molecule has 4 heteroatoms. The summed E-state index contributed by atoms with van der Waals surface area (Å²) >= 11 is 6.04. The van der Waals surface area contributed by atoms with Gasteiger partial charge in [0.1, 0.15) is 5.84 Å². The predicted molar refractivity (Wildman–Crippen MR) is 73.1 cm³/mol. The fourth-order valence-electron chi connectivity index (χ4n) is 2.31. The van der Waals surface area contributed by atoms with Gasteiger partial charge >= 0.3 is 0 Å². The van der Waals surface area contributed by atoms with Crippen molar-refractivity contribution in [2.24, 2.45) is 5.73 Å². The monoisotopic (exact) mass is 251 g/mol. The first kappa shape index (κ1) is 12.2. The molecule has 0 aliphatic carbocycles. The Bertz CT molecular complexity index is 409. The summed E-state index contributed by atoms with van der Waals surface area (Å²) in [5.41, 5.74) is 7.42. The highest BCUT2D eigenvalue weighted by atomic mass is 35.5. The molecule has 0 bridgehead atoms. The van der Waals surface area contributed by atoms with E-state index in [0.29, 0.717) is 5.02 Å². The van der Waals surface area contributed by atoms with Gasteiger partial charge in [0.15, 0.2) is 0 Å². The lowest BCUT2D eigenvalue weighted by Crippen LogP contribution is -2.27. The zero-order valence-corrected chi connectivity index (χ0v) is 10.6. The van der Waals surface area contributed by atoms with Crippen molar-refractivity contribution in [3.63, 3.8) is 0 Å². The third kappa shape index (κ3) is 2.91. The highest BCUT2D eigenvalue weighted by Crippen LogP contribution is 2.26. The normalized spacial score (nSPS) is 16.6. The molecule has 0 saturated carbocycles. The van der Waals surface area contributed by atoms with Crippen LogP contribution in [0.25, 0.3) is 0 Å². The number of nitrogens with one attached hydrogen (secondary N) is 1. The van der Waals surface area contributed by atoms with Gasteiger partial charge in [-0.25, -0.2) is 0 Å². The van der Waals surface area contributed by atoms with E-state index in [9.17, 15) is 0 Å². The van der Waals surface area contributed by atoms with E-state index in [4.69, 9.17) is 22.7 Å². The Morgan fingerprint density at radius 3 is 2.41 bits per heavy atom. The zero-order valence-electron chi connectivity index (χ0n) is 9.88. The summed E-state index contributed by atoms with van der Waals surface area (Å²) in [6, 6.07) is 5.55. The highest BCUT2D eigenvalue weighted by molar-refractivity contribution is 6.31. The van der Waals surface area contributed by atoms with E-state index >= 15 is 0 Å². The molecule has 2 rings (SSSR count). The second-order valence-corrected chi connectivity index (χ2v) is 4.91. The number of hydrogen-bond donors (Lipinski definition) is 2. The van der Waals surface area contributed by atoms with Gasteiger partial charge in [-0.1, -0.05) is 24.4 Å². The van der Waals surface area contributed by atoms with Crippen LogP contribution in [0.5, 0.6) is 0 Å². The molecule has 1 aromatic carbocycles. The summed E-state index contributed by atoms with van der Waals surface area (Å²) in [6.07, 6.45) is 4.96. The Kier molecular flexibility index (Phi) is 3.89. The van der Waals surface area contributed by atoms with E-state index in [1.165, 1.54) is 25.7 Å². The molecule has 17 heavy (non-hydrogen) atoms. The molecule has 0 atom stereocenters. The molecule has 0 unspecified atom stereocenters. The van der Waals surface area contributed by atoms with E-state index in [-0.39, 0.29) is 5.84 Å². The highest BCUT2D eigenvalue weighted by Gasteiger charge is 2.15. The van der Waals surface area contributed by atoms with Crippen molar-refractivity contribution in [1.29, 1.82) is 5.41 Å². The lowest BCUT2D eigenvalue weighted by Gasteiger charge is -2.25. The molecule has 1 fully saturated rings. The number of nitrogens with zero attached hydrogens (tertiary/aromatic N) is 1. The molecule has 1 aromatic rings. The molecule has 0 aromatic heterocycles. The standard InChI is InChI=1S/C13H18ClN3/c14-10-5-6-11(13(15)16)12(9-10)17-7-3-1-2-4-8-17/h5-6,9H,1-4,7-8H2,(H3,15,16). The molecular weight excluding hydrogens is 234 g/mol. The SMILES string of the molecule is N=C(N)c1ccc(Cl)cc1N1CCCCCC1. The van der Waals surface area contributed by atoms with Crippen LogP contribution in [0.2, 0.25) is 5.02 Å². The Labute approximate surface area is 107 Å². The van der Waals surface area contributed by atoms with Gasteiger partial charge < -0.3 is 10.6 Å². The van der Waals surface area contributed by atoms with Crippen molar-refractivity contribution >= 4 is 23.1 Å². The maximum atomic E-state index is 7.63. The fraction of sp³-hybridized carbons (Fsp3) is 0.462. The second kappa shape index (κ2) is 5.41. The maximum Gasteiger partial charge on any atom is 0.124 e. The van der Waals surface area contributed by atoms with Crippen LogP contribution in [0.3, 0.4) is 0 Å². The molecule has 1 aliphatic rings. The van der Waals surface area contributed by atoms with Crippen LogP contribution in [-0.2, 0) is 0 Å². The van der Waals surface area contributed by atoms with Gasteiger partial charge in [-0.2, -0.15) is 0 Å². The number of rotatable bonds is 2. The fourth-order valence-corrected chi connectivity index (χ4v) is 2.47. The molecule has 92 valence electrons. The average Bonchev–Trinajstić information content (AvgIpc) is 2.56. The summed E-state index contributed by atoms with van der Waals surface area (Å²) in [6.45, 7) is 2.06. The Hall–Kier alpha value is -1.22. The average molecular weight is 252 g/mol. The number of benzene rings is 1. The van der Waals surface area contributed by atoms with Gasteiger partial charge in [0.05, 0.1) is 0 Å². The minimum Gasteiger partial charge on any atom is -0.384 e. The molecule has 0 spiro atoms. The largest absolute Gasteiger partial charge is 0.384 e. The minimum atomic E-state index is 0.112.